The van der Waals surface area contributed by atoms with Gasteiger partial charge >= 0.3 is 11.9 Å². The zero-order valence-corrected chi connectivity index (χ0v) is 16.4. The summed E-state index contributed by atoms with van der Waals surface area (Å²) >= 11 is 1.11. The summed E-state index contributed by atoms with van der Waals surface area (Å²) in [6.45, 7) is 3.72. The molecule has 0 amide bonds. The van der Waals surface area contributed by atoms with Crippen molar-refractivity contribution in [3.05, 3.63) is 70.8 Å². The summed E-state index contributed by atoms with van der Waals surface area (Å²) in [5.74, 6) is -1.14. The maximum absolute atomic E-state index is 14.5. The van der Waals surface area contributed by atoms with Crippen LogP contribution in [-0.4, -0.2) is 49.1 Å². The highest BCUT2D eigenvalue weighted by Crippen LogP contribution is 2.37. The summed E-state index contributed by atoms with van der Waals surface area (Å²) in [6.07, 6.45) is -2.62. The van der Waals surface area contributed by atoms with E-state index in [0.29, 0.717) is 11.1 Å². The molecular weight excluding hydrogens is 378 g/mol. The molecule has 1 aliphatic heterocycles. The standard InChI is InChI=1S/C21H20BFO4S/c1-12-3-7-14(8-4-12)20(24)26-11-16-18(17(23)19(22)28-16)27-21(25)15-9-5-13(2)6-10-15/h3-10,16-19H,11H2,1-2H3/t16?,17-,18+,19-/m0/s1. The Labute approximate surface area is 169 Å². The molecule has 0 saturated carbocycles. The predicted molar refractivity (Wildman–Crippen MR) is 108 cm³/mol. The number of thioether (sulfide) groups is 1. The zero-order valence-electron chi connectivity index (χ0n) is 15.6. The maximum atomic E-state index is 14.5. The number of alkyl halides is 1. The van der Waals surface area contributed by atoms with Gasteiger partial charge in [-0.1, -0.05) is 35.4 Å². The minimum atomic E-state index is -1.54. The molecule has 144 valence electrons. The van der Waals surface area contributed by atoms with E-state index in [0.717, 1.165) is 22.9 Å². The van der Waals surface area contributed by atoms with E-state index < -0.39 is 34.6 Å². The van der Waals surface area contributed by atoms with Crippen molar-refractivity contribution >= 4 is 31.5 Å². The second-order valence-corrected chi connectivity index (χ2v) is 8.21. The molecule has 3 rings (SSSR count). The van der Waals surface area contributed by atoms with Gasteiger partial charge in [-0.05, 0) is 38.1 Å². The molecule has 0 N–H and O–H groups in total. The van der Waals surface area contributed by atoms with Crippen molar-refractivity contribution in [3.8, 4) is 0 Å². The molecule has 1 heterocycles. The third kappa shape index (κ3) is 4.76. The molecule has 4 nitrogen and oxygen atoms in total. The molecule has 0 aromatic heterocycles. The monoisotopic (exact) mass is 398 g/mol. The van der Waals surface area contributed by atoms with Gasteiger partial charge in [0.05, 0.1) is 24.2 Å². The van der Waals surface area contributed by atoms with E-state index in [1.165, 1.54) is 0 Å². The van der Waals surface area contributed by atoms with Gasteiger partial charge in [0.15, 0.2) is 0 Å². The normalized spacial score (nSPS) is 24.0. The largest absolute Gasteiger partial charge is 0.461 e. The third-order valence-corrected chi connectivity index (χ3v) is 5.85. The molecule has 2 aromatic rings. The number of aryl methyl sites for hydroxylation is 2. The Kier molecular flexibility index (Phi) is 6.44. The number of hydrogen-bond donors (Lipinski definition) is 0. The van der Waals surface area contributed by atoms with E-state index in [4.69, 9.17) is 17.3 Å². The predicted octanol–water partition coefficient (Wildman–Crippen LogP) is 3.63. The first-order valence-electron chi connectivity index (χ1n) is 8.91. The van der Waals surface area contributed by atoms with Crippen molar-refractivity contribution in [1.29, 1.82) is 0 Å². The Bertz CT molecular complexity index is 840. The van der Waals surface area contributed by atoms with Crippen LogP contribution in [0.2, 0.25) is 0 Å². The van der Waals surface area contributed by atoms with Crippen LogP contribution in [0.25, 0.3) is 0 Å². The quantitative estimate of drug-likeness (QED) is 0.569. The lowest BCUT2D eigenvalue weighted by Crippen LogP contribution is -2.36. The molecule has 1 fully saturated rings. The van der Waals surface area contributed by atoms with Crippen LogP contribution in [0.3, 0.4) is 0 Å². The Balaban J connectivity index is 1.63. The molecule has 1 aliphatic rings. The number of halogens is 1. The van der Waals surface area contributed by atoms with Crippen molar-refractivity contribution < 1.29 is 23.5 Å². The maximum Gasteiger partial charge on any atom is 0.338 e. The van der Waals surface area contributed by atoms with Gasteiger partial charge < -0.3 is 9.47 Å². The summed E-state index contributed by atoms with van der Waals surface area (Å²) in [5.41, 5.74) is 2.76. The molecule has 28 heavy (non-hydrogen) atoms. The number of hydrogen-bond acceptors (Lipinski definition) is 5. The zero-order chi connectivity index (χ0) is 20.3. The molecule has 1 saturated heterocycles. The van der Waals surface area contributed by atoms with Crippen LogP contribution >= 0.6 is 11.8 Å². The molecule has 1 unspecified atom stereocenters. The fourth-order valence-electron chi connectivity index (χ4n) is 2.83. The van der Waals surface area contributed by atoms with E-state index in [1.54, 1.807) is 48.5 Å². The van der Waals surface area contributed by atoms with E-state index in [1.807, 2.05) is 13.8 Å². The van der Waals surface area contributed by atoms with Gasteiger partial charge in [-0.2, -0.15) is 11.8 Å². The molecule has 4 atom stereocenters. The van der Waals surface area contributed by atoms with Crippen molar-refractivity contribution in [3.63, 3.8) is 0 Å². The molecule has 0 bridgehead atoms. The van der Waals surface area contributed by atoms with Crippen LogP contribution < -0.4 is 0 Å². The SMILES string of the molecule is [B][C@H]1SC(COC(=O)c2ccc(C)cc2)[C@@H](OC(=O)c2ccc(C)cc2)[C@@H]1F. The van der Waals surface area contributed by atoms with Crippen LogP contribution in [0.4, 0.5) is 4.39 Å². The number of carbonyl (C=O) groups excluding carboxylic acids is 2. The fraction of sp³-hybridized carbons (Fsp3) is 0.333. The van der Waals surface area contributed by atoms with Gasteiger partial charge in [0, 0.05) is 5.15 Å². The van der Waals surface area contributed by atoms with Crippen LogP contribution in [0, 0.1) is 13.8 Å². The lowest BCUT2D eigenvalue weighted by Gasteiger charge is -2.21. The van der Waals surface area contributed by atoms with E-state index in [2.05, 4.69) is 0 Å². The Morgan fingerprint density at radius 2 is 1.46 bits per heavy atom. The summed E-state index contributed by atoms with van der Waals surface area (Å²) in [6, 6.07) is 13.7. The molecular formula is C21H20BFO4S. The lowest BCUT2D eigenvalue weighted by molar-refractivity contribution is 0.00368. The summed E-state index contributed by atoms with van der Waals surface area (Å²) in [5, 5.41) is -1.42. The van der Waals surface area contributed by atoms with Crippen LogP contribution in [0.15, 0.2) is 48.5 Å². The minimum Gasteiger partial charge on any atom is -0.461 e. The molecule has 0 spiro atoms. The smallest absolute Gasteiger partial charge is 0.338 e. The van der Waals surface area contributed by atoms with Crippen LogP contribution in [0.5, 0.6) is 0 Å². The van der Waals surface area contributed by atoms with Crippen molar-refractivity contribution in [2.45, 2.75) is 36.5 Å². The van der Waals surface area contributed by atoms with Crippen LogP contribution in [0.1, 0.15) is 31.8 Å². The van der Waals surface area contributed by atoms with Gasteiger partial charge in [-0.3, -0.25) is 0 Å². The first-order chi connectivity index (χ1) is 13.3. The first kappa shape index (κ1) is 20.5. The minimum absolute atomic E-state index is 0.0999. The highest BCUT2D eigenvalue weighted by molar-refractivity contribution is 8.02. The van der Waals surface area contributed by atoms with Crippen molar-refractivity contribution in [2.24, 2.45) is 0 Å². The Morgan fingerprint density at radius 3 is 2.00 bits per heavy atom. The summed E-state index contributed by atoms with van der Waals surface area (Å²) in [4.78, 5) is 24.5. The van der Waals surface area contributed by atoms with Gasteiger partial charge in [0.2, 0.25) is 0 Å². The Hall–Kier alpha value is -2.28. The molecule has 2 radical (unpaired) electrons. The highest BCUT2D eigenvalue weighted by atomic mass is 32.2. The fourth-order valence-corrected chi connectivity index (χ4v) is 4.05. The van der Waals surface area contributed by atoms with E-state index in [-0.39, 0.29) is 6.61 Å². The molecule has 2 aromatic carbocycles. The summed E-state index contributed by atoms with van der Waals surface area (Å²) < 4.78 is 25.2. The number of ether oxygens (including phenoxy) is 2. The van der Waals surface area contributed by atoms with E-state index >= 15 is 0 Å². The van der Waals surface area contributed by atoms with Crippen molar-refractivity contribution in [1.82, 2.24) is 0 Å². The van der Waals surface area contributed by atoms with Gasteiger partial charge in [-0.25, -0.2) is 14.0 Å². The topological polar surface area (TPSA) is 52.6 Å². The van der Waals surface area contributed by atoms with Gasteiger partial charge in [0.25, 0.3) is 0 Å². The van der Waals surface area contributed by atoms with Crippen LogP contribution in [-0.2, 0) is 9.47 Å². The van der Waals surface area contributed by atoms with Gasteiger partial charge in [-0.15, -0.1) is 0 Å². The average molecular weight is 398 g/mol. The number of carbonyl (C=O) groups is 2. The third-order valence-electron chi connectivity index (χ3n) is 4.52. The Morgan fingerprint density at radius 1 is 0.964 bits per heavy atom. The average Bonchev–Trinajstić information content (AvgIpc) is 2.95. The second kappa shape index (κ2) is 8.82. The molecule has 7 heteroatoms. The highest BCUT2D eigenvalue weighted by Gasteiger charge is 2.45. The number of esters is 2. The number of rotatable bonds is 5. The second-order valence-electron chi connectivity index (χ2n) is 6.78. The van der Waals surface area contributed by atoms with Gasteiger partial charge in [0.1, 0.15) is 18.9 Å². The summed E-state index contributed by atoms with van der Waals surface area (Å²) in [7, 11) is 5.78. The first-order valence-corrected chi connectivity index (χ1v) is 9.86. The van der Waals surface area contributed by atoms with Crippen molar-refractivity contribution in [2.75, 3.05) is 6.61 Å². The molecule has 0 aliphatic carbocycles. The lowest BCUT2D eigenvalue weighted by atomic mass is 9.95. The van der Waals surface area contributed by atoms with E-state index in [9.17, 15) is 14.0 Å². The number of benzene rings is 2.